The number of carbonyl (C=O) groups excluding carboxylic acids is 1. The van der Waals surface area contributed by atoms with E-state index < -0.39 is 0 Å². The lowest BCUT2D eigenvalue weighted by molar-refractivity contribution is -0.118. The Morgan fingerprint density at radius 2 is 1.82 bits per heavy atom. The number of halogens is 1. The van der Waals surface area contributed by atoms with Gasteiger partial charge in [-0.2, -0.15) is 5.10 Å². The van der Waals surface area contributed by atoms with E-state index in [4.69, 9.17) is 16.3 Å². The van der Waals surface area contributed by atoms with Gasteiger partial charge in [-0.3, -0.25) is 4.79 Å². The van der Waals surface area contributed by atoms with Crippen molar-refractivity contribution in [3.8, 4) is 5.75 Å². The summed E-state index contributed by atoms with van der Waals surface area (Å²) in [5, 5.41) is 6.99. The van der Waals surface area contributed by atoms with Crippen molar-refractivity contribution < 1.29 is 9.53 Å². The van der Waals surface area contributed by atoms with Crippen LogP contribution in [0.3, 0.4) is 0 Å². The minimum atomic E-state index is -0.183. The molecule has 1 amide bonds. The molecular formula is C27H23ClN2O2S. The van der Waals surface area contributed by atoms with Gasteiger partial charge in [-0.25, -0.2) is 5.43 Å². The van der Waals surface area contributed by atoms with Crippen molar-refractivity contribution in [2.45, 2.75) is 18.4 Å². The normalized spacial score (nSPS) is 11.1. The van der Waals surface area contributed by atoms with Gasteiger partial charge < -0.3 is 4.74 Å². The summed E-state index contributed by atoms with van der Waals surface area (Å²) in [6, 6.07) is 27.8. The van der Waals surface area contributed by atoms with Crippen LogP contribution in [0.25, 0.3) is 10.8 Å². The van der Waals surface area contributed by atoms with Crippen LogP contribution in [-0.2, 0) is 11.4 Å². The molecule has 0 bridgehead atoms. The first kappa shape index (κ1) is 22.9. The Bertz CT molecular complexity index is 1280. The van der Waals surface area contributed by atoms with Crippen LogP contribution in [-0.4, -0.2) is 17.9 Å². The number of rotatable bonds is 8. The number of hydrazone groups is 1. The quantitative estimate of drug-likeness (QED) is 0.177. The summed E-state index contributed by atoms with van der Waals surface area (Å²) in [4.78, 5) is 13.2. The van der Waals surface area contributed by atoms with Crippen LogP contribution in [0.1, 0.15) is 16.7 Å². The standard InChI is InChI=1S/C27H23ClN2O2S/c1-19-9-12-24(13-10-19)33-18-27(31)30-29-16-22-15-23(28)11-14-26(22)32-17-21-7-4-6-20-5-2-3-8-25(20)21/h2-16H,17-18H2,1H3,(H,30,31)/b29-16+. The maximum atomic E-state index is 12.2. The Morgan fingerprint density at radius 1 is 1.03 bits per heavy atom. The first-order chi connectivity index (χ1) is 16.1. The molecule has 4 nitrogen and oxygen atoms in total. The molecule has 6 heteroatoms. The van der Waals surface area contributed by atoms with Crippen LogP contribution < -0.4 is 10.2 Å². The highest BCUT2D eigenvalue weighted by Crippen LogP contribution is 2.25. The molecule has 0 saturated carbocycles. The number of aryl methyl sites for hydroxylation is 1. The van der Waals surface area contributed by atoms with Crippen LogP contribution >= 0.6 is 23.4 Å². The van der Waals surface area contributed by atoms with Crippen LogP contribution in [0, 0.1) is 6.92 Å². The number of amides is 1. The molecule has 1 N–H and O–H groups in total. The van der Waals surface area contributed by atoms with Gasteiger partial charge >= 0.3 is 0 Å². The van der Waals surface area contributed by atoms with Gasteiger partial charge in [-0.1, -0.05) is 71.8 Å². The first-order valence-corrected chi connectivity index (χ1v) is 11.9. The molecule has 0 unspecified atom stereocenters. The molecule has 0 spiro atoms. The molecule has 4 aromatic carbocycles. The number of nitrogens with one attached hydrogen (secondary N) is 1. The van der Waals surface area contributed by atoms with E-state index in [2.05, 4.69) is 34.8 Å². The summed E-state index contributed by atoms with van der Waals surface area (Å²) in [6.45, 7) is 2.44. The van der Waals surface area contributed by atoms with E-state index in [9.17, 15) is 4.79 Å². The van der Waals surface area contributed by atoms with E-state index in [0.29, 0.717) is 22.9 Å². The van der Waals surface area contributed by atoms with Crippen molar-refractivity contribution >= 4 is 46.3 Å². The van der Waals surface area contributed by atoms with Gasteiger partial charge in [-0.05, 0) is 53.6 Å². The van der Waals surface area contributed by atoms with Gasteiger partial charge in [0.25, 0.3) is 0 Å². The fraction of sp³-hybridized carbons (Fsp3) is 0.111. The highest BCUT2D eigenvalue weighted by atomic mass is 35.5. The number of hydrogen-bond donors (Lipinski definition) is 1. The minimum Gasteiger partial charge on any atom is -0.488 e. The van der Waals surface area contributed by atoms with Crippen molar-refractivity contribution in [2.75, 3.05) is 5.75 Å². The third kappa shape index (κ3) is 6.37. The van der Waals surface area contributed by atoms with Crippen molar-refractivity contribution in [1.82, 2.24) is 5.43 Å². The molecular weight excluding hydrogens is 452 g/mol. The second-order valence-corrected chi connectivity index (χ2v) is 8.99. The molecule has 0 aliphatic rings. The zero-order valence-electron chi connectivity index (χ0n) is 18.1. The lowest BCUT2D eigenvalue weighted by Gasteiger charge is -2.11. The van der Waals surface area contributed by atoms with Gasteiger partial charge in [0.1, 0.15) is 12.4 Å². The summed E-state index contributed by atoms with van der Waals surface area (Å²) in [6.07, 6.45) is 1.55. The summed E-state index contributed by atoms with van der Waals surface area (Å²) < 4.78 is 6.09. The van der Waals surface area contributed by atoms with Crippen molar-refractivity contribution in [2.24, 2.45) is 5.10 Å². The number of hydrogen-bond acceptors (Lipinski definition) is 4. The van der Waals surface area contributed by atoms with Gasteiger partial charge in [0, 0.05) is 15.5 Å². The van der Waals surface area contributed by atoms with Crippen molar-refractivity contribution in [3.05, 3.63) is 107 Å². The molecule has 0 fully saturated rings. The number of nitrogens with zero attached hydrogens (tertiary/aromatic N) is 1. The molecule has 0 radical (unpaired) electrons. The summed E-state index contributed by atoms with van der Waals surface area (Å²) in [7, 11) is 0. The first-order valence-electron chi connectivity index (χ1n) is 10.5. The van der Waals surface area contributed by atoms with E-state index in [0.717, 1.165) is 15.8 Å². The second kappa shape index (κ2) is 11.0. The molecule has 0 aliphatic carbocycles. The molecule has 166 valence electrons. The SMILES string of the molecule is Cc1ccc(SCC(=O)N/N=C/c2cc(Cl)ccc2OCc2cccc3ccccc23)cc1. The molecule has 4 aromatic rings. The maximum Gasteiger partial charge on any atom is 0.250 e. The van der Waals surface area contributed by atoms with E-state index in [1.807, 2.05) is 55.5 Å². The molecule has 0 atom stereocenters. The second-order valence-electron chi connectivity index (χ2n) is 7.50. The molecule has 0 saturated heterocycles. The smallest absolute Gasteiger partial charge is 0.250 e. The highest BCUT2D eigenvalue weighted by Gasteiger charge is 2.07. The molecule has 0 aliphatic heterocycles. The van der Waals surface area contributed by atoms with E-state index in [-0.39, 0.29) is 11.7 Å². The van der Waals surface area contributed by atoms with E-state index >= 15 is 0 Å². The molecule has 33 heavy (non-hydrogen) atoms. The van der Waals surface area contributed by atoms with Gasteiger partial charge in [0.2, 0.25) is 5.91 Å². The summed E-state index contributed by atoms with van der Waals surface area (Å²) in [5.41, 5.74) is 5.54. The summed E-state index contributed by atoms with van der Waals surface area (Å²) >= 11 is 7.64. The molecule has 0 heterocycles. The Hall–Kier alpha value is -3.28. The van der Waals surface area contributed by atoms with Gasteiger partial charge in [0.05, 0.1) is 12.0 Å². The number of ether oxygens (including phenoxy) is 1. The zero-order chi connectivity index (χ0) is 23.0. The third-order valence-electron chi connectivity index (χ3n) is 5.02. The zero-order valence-corrected chi connectivity index (χ0v) is 19.7. The van der Waals surface area contributed by atoms with Crippen LogP contribution in [0.5, 0.6) is 5.75 Å². The minimum absolute atomic E-state index is 0.183. The average Bonchev–Trinajstić information content (AvgIpc) is 2.83. The number of thioether (sulfide) groups is 1. The Morgan fingerprint density at radius 3 is 2.67 bits per heavy atom. The Labute approximate surface area is 202 Å². The molecule has 4 rings (SSSR count). The van der Waals surface area contributed by atoms with Gasteiger partial charge in [0.15, 0.2) is 0 Å². The van der Waals surface area contributed by atoms with Gasteiger partial charge in [-0.15, -0.1) is 11.8 Å². The number of benzene rings is 4. The highest BCUT2D eigenvalue weighted by molar-refractivity contribution is 8.00. The average molecular weight is 475 g/mol. The van der Waals surface area contributed by atoms with Crippen molar-refractivity contribution in [3.63, 3.8) is 0 Å². The van der Waals surface area contributed by atoms with Crippen LogP contribution in [0.4, 0.5) is 0 Å². The number of fused-ring (bicyclic) bond motifs is 1. The van der Waals surface area contributed by atoms with Crippen molar-refractivity contribution in [1.29, 1.82) is 0 Å². The third-order valence-corrected chi connectivity index (χ3v) is 6.27. The largest absolute Gasteiger partial charge is 0.488 e. The van der Waals surface area contributed by atoms with Crippen LogP contribution in [0.15, 0.2) is 94.9 Å². The van der Waals surface area contributed by atoms with E-state index in [1.165, 1.54) is 22.7 Å². The molecule has 0 aromatic heterocycles. The lowest BCUT2D eigenvalue weighted by atomic mass is 10.1. The fourth-order valence-electron chi connectivity index (χ4n) is 3.31. The monoisotopic (exact) mass is 474 g/mol. The topological polar surface area (TPSA) is 50.7 Å². The van der Waals surface area contributed by atoms with E-state index in [1.54, 1.807) is 18.3 Å². The Balaban J connectivity index is 1.38. The lowest BCUT2D eigenvalue weighted by Crippen LogP contribution is -2.19. The predicted molar refractivity (Wildman–Crippen MR) is 137 cm³/mol. The number of carbonyl (C=O) groups is 1. The fourth-order valence-corrected chi connectivity index (χ4v) is 4.19. The van der Waals surface area contributed by atoms with Crippen LogP contribution in [0.2, 0.25) is 5.02 Å². The predicted octanol–water partition coefficient (Wildman–Crippen LogP) is 6.62. The summed E-state index contributed by atoms with van der Waals surface area (Å²) in [5.74, 6) is 0.733. The Kier molecular flexibility index (Phi) is 7.66. The maximum absolute atomic E-state index is 12.2.